The molecule has 0 radical (unpaired) electrons. The first-order valence-electron chi connectivity index (χ1n) is 9.66. The van der Waals surface area contributed by atoms with Crippen LogP contribution in [0.15, 0.2) is 65.2 Å². The van der Waals surface area contributed by atoms with E-state index in [0.717, 1.165) is 29.2 Å². The number of ether oxygens (including phenoxy) is 1. The lowest BCUT2D eigenvalue weighted by Gasteiger charge is -2.22. The van der Waals surface area contributed by atoms with Gasteiger partial charge in [0, 0.05) is 0 Å². The zero-order valence-corrected chi connectivity index (χ0v) is 17.3. The molecule has 0 unspecified atom stereocenters. The number of hydrogen-bond acceptors (Lipinski definition) is 5. The highest BCUT2D eigenvalue weighted by Gasteiger charge is 2.33. The SMILES string of the molecule is NC(=O)N(c1ccc(-c2ccc(OC(F)(F)F)c3onc(N)c23)cc1)c1cccc(C(F)(F)F)c1. The van der Waals surface area contributed by atoms with Crippen LogP contribution in [-0.2, 0) is 6.18 Å². The minimum absolute atomic E-state index is 0.0594. The van der Waals surface area contributed by atoms with Crippen LogP contribution in [0.3, 0.4) is 0 Å². The highest BCUT2D eigenvalue weighted by Crippen LogP contribution is 2.40. The molecule has 4 aromatic rings. The maximum atomic E-state index is 13.1. The van der Waals surface area contributed by atoms with E-state index in [-0.39, 0.29) is 28.2 Å². The highest BCUT2D eigenvalue weighted by molar-refractivity contribution is 6.04. The first kappa shape index (κ1) is 23.7. The van der Waals surface area contributed by atoms with Gasteiger partial charge in [-0.15, -0.1) is 13.2 Å². The van der Waals surface area contributed by atoms with Crippen LogP contribution in [0.4, 0.5) is 48.3 Å². The van der Waals surface area contributed by atoms with E-state index < -0.39 is 29.9 Å². The molecule has 182 valence electrons. The van der Waals surface area contributed by atoms with Crippen molar-refractivity contribution in [3.05, 3.63) is 66.2 Å². The van der Waals surface area contributed by atoms with Crippen LogP contribution in [0.1, 0.15) is 5.56 Å². The van der Waals surface area contributed by atoms with Gasteiger partial charge in [0.2, 0.25) is 5.58 Å². The molecule has 1 aromatic heterocycles. The Hall–Kier alpha value is -4.42. The van der Waals surface area contributed by atoms with Gasteiger partial charge in [-0.25, -0.2) is 4.79 Å². The molecule has 0 bridgehead atoms. The van der Waals surface area contributed by atoms with Crippen LogP contribution in [0.2, 0.25) is 0 Å². The Balaban J connectivity index is 1.74. The maximum Gasteiger partial charge on any atom is 0.573 e. The highest BCUT2D eigenvalue weighted by atomic mass is 19.4. The second-order valence-electron chi connectivity index (χ2n) is 7.20. The van der Waals surface area contributed by atoms with Crippen molar-refractivity contribution in [1.29, 1.82) is 0 Å². The number of nitrogens with zero attached hydrogens (tertiary/aromatic N) is 2. The molecule has 0 saturated carbocycles. The molecule has 0 aliphatic rings. The minimum Gasteiger partial charge on any atom is -0.402 e. The number of halogens is 6. The molecule has 0 spiro atoms. The van der Waals surface area contributed by atoms with Gasteiger partial charge in [0.15, 0.2) is 11.6 Å². The molecule has 0 aliphatic carbocycles. The first-order valence-corrected chi connectivity index (χ1v) is 9.66. The van der Waals surface area contributed by atoms with Crippen molar-refractivity contribution in [3.63, 3.8) is 0 Å². The molecule has 4 rings (SSSR count). The van der Waals surface area contributed by atoms with Crippen molar-refractivity contribution in [2.45, 2.75) is 12.5 Å². The van der Waals surface area contributed by atoms with Gasteiger partial charge >= 0.3 is 18.6 Å². The summed E-state index contributed by atoms with van der Waals surface area (Å²) in [6.07, 6.45) is -9.60. The zero-order valence-electron chi connectivity index (χ0n) is 17.3. The molecule has 1 heterocycles. The van der Waals surface area contributed by atoms with E-state index in [9.17, 15) is 31.1 Å². The van der Waals surface area contributed by atoms with E-state index in [1.165, 1.54) is 36.4 Å². The Morgan fingerprint density at radius 3 is 2.23 bits per heavy atom. The van der Waals surface area contributed by atoms with Crippen molar-refractivity contribution in [2.24, 2.45) is 5.73 Å². The van der Waals surface area contributed by atoms with Gasteiger partial charge in [-0.2, -0.15) is 13.2 Å². The normalized spacial score (nSPS) is 12.1. The number of carbonyl (C=O) groups is 1. The van der Waals surface area contributed by atoms with Crippen molar-refractivity contribution in [2.75, 3.05) is 10.6 Å². The van der Waals surface area contributed by atoms with Crippen molar-refractivity contribution >= 4 is 34.2 Å². The average molecular weight is 496 g/mol. The number of hydrogen-bond donors (Lipinski definition) is 2. The number of alkyl halides is 6. The Kier molecular flexibility index (Phi) is 5.71. The monoisotopic (exact) mass is 496 g/mol. The van der Waals surface area contributed by atoms with E-state index >= 15 is 0 Å². The Morgan fingerprint density at radius 1 is 0.943 bits per heavy atom. The number of anilines is 3. The summed E-state index contributed by atoms with van der Waals surface area (Å²) >= 11 is 0. The topological polar surface area (TPSA) is 108 Å². The number of rotatable bonds is 4. The van der Waals surface area contributed by atoms with Gasteiger partial charge in [0.05, 0.1) is 22.3 Å². The number of carbonyl (C=O) groups excluding carboxylic acids is 1. The summed E-state index contributed by atoms with van der Waals surface area (Å²) in [6, 6.07) is 11.1. The smallest absolute Gasteiger partial charge is 0.402 e. The number of amides is 2. The predicted octanol–water partition coefficient (Wildman–Crippen LogP) is 6.21. The van der Waals surface area contributed by atoms with Crippen LogP contribution < -0.4 is 21.1 Å². The second kappa shape index (κ2) is 8.42. The summed E-state index contributed by atoms with van der Waals surface area (Å²) in [7, 11) is 0. The molecule has 0 aliphatic heterocycles. The summed E-state index contributed by atoms with van der Waals surface area (Å²) in [5.74, 6) is -0.823. The lowest BCUT2D eigenvalue weighted by atomic mass is 10.0. The Morgan fingerprint density at radius 2 is 1.63 bits per heavy atom. The molecule has 35 heavy (non-hydrogen) atoms. The van der Waals surface area contributed by atoms with Gasteiger partial charge in [0.1, 0.15) is 0 Å². The fraction of sp³-hybridized carbons (Fsp3) is 0.0909. The lowest BCUT2D eigenvalue weighted by Crippen LogP contribution is -2.31. The summed E-state index contributed by atoms with van der Waals surface area (Å²) in [5.41, 5.74) is 10.7. The largest absolute Gasteiger partial charge is 0.573 e. The molecule has 4 N–H and O–H groups in total. The molecule has 0 saturated heterocycles. The van der Waals surface area contributed by atoms with Gasteiger partial charge in [-0.3, -0.25) is 4.90 Å². The molecule has 0 fully saturated rings. The van der Waals surface area contributed by atoms with Gasteiger partial charge < -0.3 is 20.7 Å². The first-order chi connectivity index (χ1) is 16.3. The van der Waals surface area contributed by atoms with Crippen LogP contribution in [0, 0.1) is 0 Å². The van der Waals surface area contributed by atoms with Crippen molar-refractivity contribution in [3.8, 4) is 16.9 Å². The summed E-state index contributed by atoms with van der Waals surface area (Å²) in [6.45, 7) is 0. The lowest BCUT2D eigenvalue weighted by molar-refractivity contribution is -0.274. The second-order valence-corrected chi connectivity index (χ2v) is 7.20. The molecular formula is C22H14F6N4O3. The predicted molar refractivity (Wildman–Crippen MR) is 114 cm³/mol. The quantitative estimate of drug-likeness (QED) is 0.327. The van der Waals surface area contributed by atoms with E-state index in [1.807, 2.05) is 0 Å². The van der Waals surface area contributed by atoms with Gasteiger partial charge in [-0.05, 0) is 53.6 Å². The fourth-order valence-electron chi connectivity index (χ4n) is 3.51. The third-order valence-corrected chi connectivity index (χ3v) is 4.93. The number of benzene rings is 3. The van der Waals surface area contributed by atoms with E-state index in [1.54, 1.807) is 0 Å². The maximum absolute atomic E-state index is 13.1. The van der Waals surface area contributed by atoms with Crippen molar-refractivity contribution in [1.82, 2.24) is 5.16 Å². The minimum atomic E-state index is -4.97. The van der Waals surface area contributed by atoms with Crippen LogP contribution in [0.25, 0.3) is 22.1 Å². The average Bonchev–Trinajstić information content (AvgIpc) is 3.15. The number of urea groups is 1. The van der Waals surface area contributed by atoms with Gasteiger partial charge in [0.25, 0.3) is 0 Å². The standard InChI is InChI=1S/C22H14F6N4O3/c23-21(24,25)12-2-1-3-14(10-12)32(20(30)33)13-6-4-11(5-7-13)15-8-9-16(34-22(26,27)28)18-17(15)19(29)31-35-18/h1-10H,(H2,29,31)(H2,30,33). The number of nitrogens with two attached hydrogens (primary N) is 2. The Bertz CT molecular complexity index is 1400. The number of aromatic nitrogens is 1. The molecular weight excluding hydrogens is 482 g/mol. The molecule has 3 aromatic carbocycles. The summed E-state index contributed by atoms with van der Waals surface area (Å²) in [5, 5.41) is 3.56. The van der Waals surface area contributed by atoms with E-state index in [4.69, 9.17) is 16.0 Å². The van der Waals surface area contributed by atoms with Gasteiger partial charge in [-0.1, -0.05) is 23.4 Å². The Labute approximate surface area is 192 Å². The third kappa shape index (κ3) is 4.78. The number of nitrogen functional groups attached to an aromatic ring is 1. The number of primary amides is 1. The number of fused-ring (bicyclic) bond motifs is 1. The van der Waals surface area contributed by atoms with Crippen LogP contribution in [0.5, 0.6) is 5.75 Å². The third-order valence-electron chi connectivity index (χ3n) is 4.93. The van der Waals surface area contributed by atoms with Crippen LogP contribution in [-0.4, -0.2) is 17.6 Å². The van der Waals surface area contributed by atoms with Crippen LogP contribution >= 0.6 is 0 Å². The molecule has 13 heteroatoms. The summed E-state index contributed by atoms with van der Waals surface area (Å²) in [4.78, 5) is 13.0. The summed E-state index contributed by atoms with van der Waals surface area (Å²) < 4.78 is 86.3. The van der Waals surface area contributed by atoms with E-state index in [0.29, 0.717) is 11.1 Å². The van der Waals surface area contributed by atoms with E-state index in [2.05, 4.69) is 9.89 Å². The molecule has 2 amide bonds. The zero-order chi connectivity index (χ0) is 25.5. The molecule has 7 nitrogen and oxygen atoms in total. The fourth-order valence-corrected chi connectivity index (χ4v) is 3.51. The van der Waals surface area contributed by atoms with Crippen molar-refractivity contribution < 1.29 is 40.4 Å². The molecule has 0 atom stereocenters.